The van der Waals surface area contributed by atoms with Crippen molar-refractivity contribution in [2.75, 3.05) is 58.4 Å². The Bertz CT molecular complexity index is 589. The molecule has 0 unspecified atom stereocenters. The van der Waals surface area contributed by atoms with Crippen molar-refractivity contribution in [3.8, 4) is 0 Å². The standard InChI is InChI=1S/C18H29Cl2N5O2.HI/c1-21-18(23-5-2-8-27-13-14-3-9-26-10-4-14)24-7-6-22-17-16(20)11-15(19)12-25-17;/h11-12,14H,2-10,13H2,1H3,(H,22,25)(H2,21,23,24);1H. The van der Waals surface area contributed by atoms with Gasteiger partial charge in [-0.15, -0.1) is 24.0 Å². The third-order valence-corrected chi connectivity index (χ3v) is 4.69. The zero-order valence-electron chi connectivity index (χ0n) is 16.2. The smallest absolute Gasteiger partial charge is 0.191 e. The molecule has 0 radical (unpaired) electrons. The number of pyridine rings is 1. The molecule has 1 aromatic rings. The Labute approximate surface area is 194 Å². The quantitative estimate of drug-likeness (QED) is 0.181. The van der Waals surface area contributed by atoms with Gasteiger partial charge in [0.2, 0.25) is 0 Å². The highest BCUT2D eigenvalue weighted by molar-refractivity contribution is 14.0. The number of halogens is 3. The lowest BCUT2D eigenvalue weighted by atomic mass is 10.0. The SMILES string of the molecule is CN=C(NCCCOCC1CCOCC1)NCCNc1ncc(Cl)cc1Cl.I. The van der Waals surface area contributed by atoms with Crippen LogP contribution < -0.4 is 16.0 Å². The van der Waals surface area contributed by atoms with Crippen molar-refractivity contribution in [1.29, 1.82) is 0 Å². The van der Waals surface area contributed by atoms with Gasteiger partial charge in [-0.05, 0) is 31.2 Å². The number of nitrogens with one attached hydrogen (secondary N) is 3. The summed E-state index contributed by atoms with van der Waals surface area (Å²) in [5.41, 5.74) is 0. The van der Waals surface area contributed by atoms with Gasteiger partial charge in [0.1, 0.15) is 5.82 Å². The highest BCUT2D eigenvalue weighted by atomic mass is 127. The number of guanidine groups is 1. The van der Waals surface area contributed by atoms with Crippen LogP contribution in [0, 0.1) is 5.92 Å². The van der Waals surface area contributed by atoms with Gasteiger partial charge in [-0.25, -0.2) is 4.98 Å². The van der Waals surface area contributed by atoms with Crippen LogP contribution in [0.15, 0.2) is 17.3 Å². The summed E-state index contributed by atoms with van der Waals surface area (Å²) in [6, 6.07) is 1.66. The van der Waals surface area contributed by atoms with Crippen LogP contribution in [0.5, 0.6) is 0 Å². The second-order valence-electron chi connectivity index (χ2n) is 6.32. The van der Waals surface area contributed by atoms with Crippen molar-refractivity contribution in [3.63, 3.8) is 0 Å². The first-order chi connectivity index (χ1) is 13.2. The normalized spacial score (nSPS) is 15.0. The van der Waals surface area contributed by atoms with Crippen LogP contribution in [-0.2, 0) is 9.47 Å². The number of aliphatic imine (C=N–C) groups is 1. The third kappa shape index (κ3) is 10.3. The zero-order valence-corrected chi connectivity index (χ0v) is 20.0. The minimum atomic E-state index is 0. The monoisotopic (exact) mass is 545 g/mol. The minimum Gasteiger partial charge on any atom is -0.381 e. The fourth-order valence-corrected chi connectivity index (χ4v) is 3.12. The summed E-state index contributed by atoms with van der Waals surface area (Å²) in [5.74, 6) is 2.03. The number of ether oxygens (including phenoxy) is 2. The average Bonchev–Trinajstić information content (AvgIpc) is 2.68. The van der Waals surface area contributed by atoms with Crippen molar-refractivity contribution in [2.45, 2.75) is 19.3 Å². The van der Waals surface area contributed by atoms with E-state index < -0.39 is 0 Å². The Hall–Kier alpha value is -0.550. The van der Waals surface area contributed by atoms with E-state index in [1.54, 1.807) is 19.3 Å². The predicted molar refractivity (Wildman–Crippen MR) is 127 cm³/mol. The molecule has 0 bridgehead atoms. The number of anilines is 1. The fraction of sp³-hybridized carbons (Fsp3) is 0.667. The van der Waals surface area contributed by atoms with Crippen LogP contribution >= 0.6 is 47.2 Å². The molecule has 10 heteroatoms. The molecule has 0 amide bonds. The second-order valence-corrected chi connectivity index (χ2v) is 7.16. The van der Waals surface area contributed by atoms with Crippen LogP contribution in [-0.4, -0.2) is 64.1 Å². The van der Waals surface area contributed by atoms with E-state index in [9.17, 15) is 0 Å². The number of hydrogen-bond donors (Lipinski definition) is 3. The first kappa shape index (κ1) is 25.5. The van der Waals surface area contributed by atoms with Gasteiger partial charge in [0, 0.05) is 59.3 Å². The highest BCUT2D eigenvalue weighted by Crippen LogP contribution is 2.22. The molecule has 1 aromatic heterocycles. The molecule has 3 N–H and O–H groups in total. The van der Waals surface area contributed by atoms with E-state index >= 15 is 0 Å². The summed E-state index contributed by atoms with van der Waals surface area (Å²) in [4.78, 5) is 8.36. The molecule has 0 spiro atoms. The van der Waals surface area contributed by atoms with E-state index in [1.165, 1.54) is 0 Å². The molecule has 1 saturated heterocycles. The van der Waals surface area contributed by atoms with Crippen LogP contribution in [0.1, 0.15) is 19.3 Å². The molecule has 7 nitrogen and oxygen atoms in total. The number of rotatable bonds is 10. The molecule has 2 heterocycles. The van der Waals surface area contributed by atoms with Gasteiger partial charge in [0.05, 0.1) is 10.0 Å². The lowest BCUT2D eigenvalue weighted by molar-refractivity contribution is 0.0203. The molecule has 1 aliphatic rings. The van der Waals surface area contributed by atoms with Gasteiger partial charge >= 0.3 is 0 Å². The average molecular weight is 546 g/mol. The summed E-state index contributed by atoms with van der Waals surface area (Å²) in [7, 11) is 1.75. The third-order valence-electron chi connectivity index (χ3n) is 4.19. The van der Waals surface area contributed by atoms with E-state index in [1.807, 2.05) is 0 Å². The molecule has 160 valence electrons. The molecule has 0 atom stereocenters. The van der Waals surface area contributed by atoms with Crippen molar-refractivity contribution < 1.29 is 9.47 Å². The maximum absolute atomic E-state index is 6.07. The van der Waals surface area contributed by atoms with Gasteiger partial charge in [0.15, 0.2) is 5.96 Å². The molecule has 0 saturated carbocycles. The molecular weight excluding hydrogens is 516 g/mol. The fourth-order valence-electron chi connectivity index (χ4n) is 2.67. The Balaban J connectivity index is 0.00000392. The highest BCUT2D eigenvalue weighted by Gasteiger charge is 2.13. The number of aromatic nitrogens is 1. The summed E-state index contributed by atoms with van der Waals surface area (Å²) >= 11 is 11.9. The number of hydrogen-bond acceptors (Lipinski definition) is 5. The lowest BCUT2D eigenvalue weighted by Crippen LogP contribution is -2.40. The lowest BCUT2D eigenvalue weighted by Gasteiger charge is -2.21. The zero-order chi connectivity index (χ0) is 19.3. The second kappa shape index (κ2) is 15.3. The molecule has 1 aliphatic heterocycles. The van der Waals surface area contributed by atoms with Crippen LogP contribution in [0.3, 0.4) is 0 Å². The van der Waals surface area contributed by atoms with Gasteiger partial charge in [-0.3, -0.25) is 4.99 Å². The van der Waals surface area contributed by atoms with Crippen molar-refractivity contribution >= 4 is 59.0 Å². The maximum atomic E-state index is 6.07. The summed E-state index contributed by atoms with van der Waals surface area (Å²) < 4.78 is 11.1. The van der Waals surface area contributed by atoms with Crippen molar-refractivity contribution in [3.05, 3.63) is 22.3 Å². The topological polar surface area (TPSA) is 79.8 Å². The minimum absolute atomic E-state index is 0. The van der Waals surface area contributed by atoms with E-state index in [2.05, 4.69) is 25.9 Å². The summed E-state index contributed by atoms with van der Waals surface area (Å²) in [6.07, 6.45) is 4.72. The number of nitrogens with zero attached hydrogens (tertiary/aromatic N) is 2. The van der Waals surface area contributed by atoms with Crippen molar-refractivity contribution in [2.24, 2.45) is 10.9 Å². The molecular formula is C18H30Cl2IN5O2. The Kier molecular flexibility index (Phi) is 13.9. The Morgan fingerprint density at radius 2 is 2.00 bits per heavy atom. The molecule has 0 aliphatic carbocycles. The molecule has 2 rings (SSSR count). The first-order valence-corrected chi connectivity index (χ1v) is 10.1. The first-order valence-electron chi connectivity index (χ1n) is 9.34. The summed E-state index contributed by atoms with van der Waals surface area (Å²) in [5, 5.41) is 10.7. The van der Waals surface area contributed by atoms with E-state index in [4.69, 9.17) is 32.7 Å². The Morgan fingerprint density at radius 1 is 1.25 bits per heavy atom. The van der Waals surface area contributed by atoms with E-state index in [0.29, 0.717) is 34.9 Å². The van der Waals surface area contributed by atoms with E-state index in [0.717, 1.165) is 58.2 Å². The van der Waals surface area contributed by atoms with Crippen LogP contribution in [0.25, 0.3) is 0 Å². The molecule has 0 aromatic carbocycles. The van der Waals surface area contributed by atoms with Crippen LogP contribution in [0.4, 0.5) is 5.82 Å². The van der Waals surface area contributed by atoms with Gasteiger partial charge < -0.3 is 25.4 Å². The molecule has 28 heavy (non-hydrogen) atoms. The van der Waals surface area contributed by atoms with Crippen molar-refractivity contribution in [1.82, 2.24) is 15.6 Å². The predicted octanol–water partition coefficient (Wildman–Crippen LogP) is 3.42. The van der Waals surface area contributed by atoms with Crippen LogP contribution in [0.2, 0.25) is 10.0 Å². The maximum Gasteiger partial charge on any atom is 0.191 e. The van der Waals surface area contributed by atoms with Gasteiger partial charge in [-0.2, -0.15) is 0 Å². The molecule has 1 fully saturated rings. The summed E-state index contributed by atoms with van der Waals surface area (Å²) in [6.45, 7) is 5.47. The largest absolute Gasteiger partial charge is 0.381 e. The Morgan fingerprint density at radius 3 is 2.71 bits per heavy atom. The van der Waals surface area contributed by atoms with Gasteiger partial charge in [0.25, 0.3) is 0 Å². The van der Waals surface area contributed by atoms with E-state index in [-0.39, 0.29) is 24.0 Å². The van der Waals surface area contributed by atoms with Gasteiger partial charge in [-0.1, -0.05) is 23.2 Å².